The molecule has 0 radical (unpaired) electrons. The van der Waals surface area contributed by atoms with Crippen LogP contribution in [0.5, 0.6) is 0 Å². The summed E-state index contributed by atoms with van der Waals surface area (Å²) in [4.78, 5) is 4.87. The Morgan fingerprint density at radius 3 is 1.65 bits per heavy atom. The fourth-order valence-electron chi connectivity index (χ4n) is 2.48. The molecule has 2 rings (SSSR count). The van der Waals surface area contributed by atoms with Gasteiger partial charge in [-0.3, -0.25) is 4.84 Å². The maximum absolute atomic E-state index is 5.65. The molecule has 2 aliphatic rings. The molecule has 2 aliphatic heterocycles. The zero-order chi connectivity index (χ0) is 16.9. The molecule has 136 valence electrons. The van der Waals surface area contributed by atoms with Gasteiger partial charge in [-0.05, 0) is 27.7 Å². The summed E-state index contributed by atoms with van der Waals surface area (Å²) < 4.78 is 33.4. The van der Waals surface area contributed by atoms with E-state index in [9.17, 15) is 0 Å². The van der Waals surface area contributed by atoms with E-state index in [0.717, 1.165) is 0 Å². The average Bonchev–Trinajstić information content (AvgIpc) is 2.99. The Labute approximate surface area is 137 Å². The van der Waals surface area contributed by atoms with E-state index in [1.54, 1.807) is 0 Å². The molecule has 0 aromatic carbocycles. The number of hydrogen-bond donors (Lipinski definition) is 1. The second-order valence-electron chi connectivity index (χ2n) is 6.73. The minimum Gasteiger partial charge on any atom is -0.376 e. The zero-order valence-electron chi connectivity index (χ0n) is 14.4. The molecule has 0 aliphatic carbocycles. The lowest BCUT2D eigenvalue weighted by Gasteiger charge is -2.19. The predicted octanol–water partition coefficient (Wildman–Crippen LogP) is 0.582. The van der Waals surface area contributed by atoms with Crippen LogP contribution in [0.1, 0.15) is 27.7 Å². The molecule has 0 saturated carbocycles. The molecule has 2 fully saturated rings. The maximum Gasteiger partial charge on any atom is 0.163 e. The third kappa shape index (κ3) is 6.60. The van der Waals surface area contributed by atoms with Crippen LogP contribution in [-0.4, -0.2) is 69.5 Å². The minimum absolute atomic E-state index is 0.0735. The van der Waals surface area contributed by atoms with Crippen LogP contribution in [0.25, 0.3) is 0 Å². The molecule has 8 heteroatoms. The zero-order valence-corrected chi connectivity index (χ0v) is 14.4. The normalized spacial score (nSPS) is 30.7. The Bertz CT molecular complexity index is 332. The van der Waals surface area contributed by atoms with Gasteiger partial charge in [-0.1, -0.05) is 0 Å². The minimum atomic E-state index is -0.544. The van der Waals surface area contributed by atoms with Crippen molar-refractivity contribution in [1.29, 1.82) is 0 Å². The van der Waals surface area contributed by atoms with Crippen LogP contribution in [0.3, 0.4) is 0 Å². The molecule has 8 nitrogen and oxygen atoms in total. The summed E-state index contributed by atoms with van der Waals surface area (Å²) in [5.74, 6) is 4.19. The van der Waals surface area contributed by atoms with Crippen LogP contribution in [0.15, 0.2) is 0 Å². The first kappa shape index (κ1) is 19.0. The predicted molar refractivity (Wildman–Crippen MR) is 80.5 cm³/mol. The third-order valence-electron chi connectivity index (χ3n) is 3.54. The van der Waals surface area contributed by atoms with E-state index in [4.69, 9.17) is 39.2 Å². The molecule has 0 spiro atoms. The largest absolute Gasteiger partial charge is 0.376 e. The highest BCUT2D eigenvalue weighted by Crippen LogP contribution is 2.23. The molecule has 23 heavy (non-hydrogen) atoms. The molecule has 2 saturated heterocycles. The van der Waals surface area contributed by atoms with Gasteiger partial charge in [0.25, 0.3) is 0 Å². The summed E-state index contributed by atoms with van der Waals surface area (Å²) in [7, 11) is 0. The summed E-state index contributed by atoms with van der Waals surface area (Å²) in [6, 6.07) is 0. The van der Waals surface area contributed by atoms with Crippen molar-refractivity contribution in [3.63, 3.8) is 0 Å². The Hall–Kier alpha value is -0.320. The molecular weight excluding hydrogens is 306 g/mol. The second-order valence-corrected chi connectivity index (χ2v) is 6.73. The number of nitrogens with two attached hydrogens (primary N) is 1. The average molecular weight is 335 g/mol. The smallest absolute Gasteiger partial charge is 0.163 e. The monoisotopic (exact) mass is 335 g/mol. The molecule has 2 heterocycles. The van der Waals surface area contributed by atoms with E-state index in [0.29, 0.717) is 39.6 Å². The lowest BCUT2D eigenvalue weighted by molar-refractivity contribution is -0.151. The number of rotatable bonds is 9. The summed E-state index contributed by atoms with van der Waals surface area (Å²) >= 11 is 0. The van der Waals surface area contributed by atoms with E-state index < -0.39 is 11.6 Å². The van der Waals surface area contributed by atoms with Gasteiger partial charge in [0, 0.05) is 0 Å². The Morgan fingerprint density at radius 2 is 1.35 bits per heavy atom. The van der Waals surface area contributed by atoms with Gasteiger partial charge in [0.1, 0.15) is 18.3 Å². The lowest BCUT2D eigenvalue weighted by Crippen LogP contribution is -2.32. The molecular formula is C15H29NO7. The molecule has 0 aromatic heterocycles. The van der Waals surface area contributed by atoms with Gasteiger partial charge in [-0.15, -0.1) is 0 Å². The van der Waals surface area contributed by atoms with Crippen molar-refractivity contribution in [1.82, 2.24) is 0 Å². The van der Waals surface area contributed by atoms with Crippen LogP contribution in [0.4, 0.5) is 0 Å². The molecule has 0 aromatic rings. The van der Waals surface area contributed by atoms with Gasteiger partial charge in [0.05, 0.1) is 39.6 Å². The van der Waals surface area contributed by atoms with Gasteiger partial charge < -0.3 is 28.4 Å². The second kappa shape index (κ2) is 8.17. The summed E-state index contributed by atoms with van der Waals surface area (Å²) in [6.45, 7) is 10.1. The molecule has 2 atom stereocenters. The van der Waals surface area contributed by atoms with E-state index in [-0.39, 0.29) is 18.3 Å². The van der Waals surface area contributed by atoms with Gasteiger partial charge >= 0.3 is 0 Å². The van der Waals surface area contributed by atoms with Gasteiger partial charge in [0.15, 0.2) is 11.6 Å². The number of ether oxygens (including phenoxy) is 6. The highest BCUT2D eigenvalue weighted by molar-refractivity contribution is 4.71. The first-order valence-corrected chi connectivity index (χ1v) is 7.94. The SMILES string of the molecule is CC1(C)OCC(COCC(COCC2COC(C)(C)O2)ON)O1. The summed E-state index contributed by atoms with van der Waals surface area (Å²) in [6.07, 6.45) is -0.494. The summed E-state index contributed by atoms with van der Waals surface area (Å²) in [5.41, 5.74) is 0. The highest BCUT2D eigenvalue weighted by atomic mass is 16.8. The molecule has 0 bridgehead atoms. The number of hydrogen-bond acceptors (Lipinski definition) is 8. The third-order valence-corrected chi connectivity index (χ3v) is 3.54. The molecule has 2 unspecified atom stereocenters. The van der Waals surface area contributed by atoms with Crippen LogP contribution in [0.2, 0.25) is 0 Å². The van der Waals surface area contributed by atoms with Gasteiger partial charge in [0.2, 0.25) is 0 Å². The van der Waals surface area contributed by atoms with Crippen LogP contribution in [0, 0.1) is 0 Å². The first-order valence-electron chi connectivity index (χ1n) is 7.94. The fourth-order valence-corrected chi connectivity index (χ4v) is 2.48. The highest BCUT2D eigenvalue weighted by Gasteiger charge is 2.33. The van der Waals surface area contributed by atoms with Crippen molar-refractivity contribution in [2.24, 2.45) is 5.90 Å². The van der Waals surface area contributed by atoms with Crippen LogP contribution < -0.4 is 5.90 Å². The molecule has 2 N–H and O–H groups in total. The summed E-state index contributed by atoms with van der Waals surface area (Å²) in [5, 5.41) is 0. The standard InChI is InChI=1S/C15H29NO7/c1-14(2)19-9-11(21-14)5-17-7-13(23-16)8-18-6-12-10-20-15(3,4)22-12/h11-13H,5-10,16H2,1-4H3. The first-order chi connectivity index (χ1) is 10.8. The topological polar surface area (TPSA) is 90.6 Å². The Morgan fingerprint density at radius 1 is 0.913 bits per heavy atom. The van der Waals surface area contributed by atoms with Crippen LogP contribution >= 0.6 is 0 Å². The van der Waals surface area contributed by atoms with E-state index in [1.165, 1.54) is 0 Å². The Balaban J connectivity index is 1.55. The van der Waals surface area contributed by atoms with Crippen molar-refractivity contribution in [2.45, 2.75) is 57.6 Å². The van der Waals surface area contributed by atoms with Crippen molar-refractivity contribution in [2.75, 3.05) is 39.6 Å². The van der Waals surface area contributed by atoms with Gasteiger partial charge in [-0.25, -0.2) is 5.90 Å². The quantitative estimate of drug-likeness (QED) is 0.612. The molecule has 0 amide bonds. The van der Waals surface area contributed by atoms with Crippen LogP contribution in [-0.2, 0) is 33.3 Å². The maximum atomic E-state index is 5.65. The van der Waals surface area contributed by atoms with Crippen molar-refractivity contribution >= 4 is 0 Å². The van der Waals surface area contributed by atoms with Crippen molar-refractivity contribution in [3.8, 4) is 0 Å². The fraction of sp³-hybridized carbons (Fsp3) is 1.00. The van der Waals surface area contributed by atoms with Gasteiger partial charge in [-0.2, -0.15) is 0 Å². The van der Waals surface area contributed by atoms with E-state index >= 15 is 0 Å². The lowest BCUT2D eigenvalue weighted by atomic mass is 10.3. The van der Waals surface area contributed by atoms with Crippen molar-refractivity contribution in [3.05, 3.63) is 0 Å². The van der Waals surface area contributed by atoms with E-state index in [2.05, 4.69) is 0 Å². The van der Waals surface area contributed by atoms with Crippen molar-refractivity contribution < 1.29 is 33.3 Å². The Kier molecular flexibility index (Phi) is 6.76. The van der Waals surface area contributed by atoms with E-state index in [1.807, 2.05) is 27.7 Å².